The Morgan fingerprint density at radius 1 is 1.00 bits per heavy atom. The zero-order valence-electron chi connectivity index (χ0n) is 20.1. The van der Waals surface area contributed by atoms with Crippen LogP contribution in [0, 0.1) is 5.82 Å². The van der Waals surface area contributed by atoms with Gasteiger partial charge in [0.15, 0.2) is 0 Å². The summed E-state index contributed by atoms with van der Waals surface area (Å²) in [4.78, 5) is 23.6. The molecule has 4 rings (SSSR count). The summed E-state index contributed by atoms with van der Waals surface area (Å²) in [6.07, 6.45) is -3.09. The minimum atomic E-state index is -5.08. The molecular formula is C27H25ClF4N2O4. The zero-order valence-corrected chi connectivity index (χ0v) is 20.8. The van der Waals surface area contributed by atoms with Gasteiger partial charge in [-0.2, -0.15) is 13.2 Å². The van der Waals surface area contributed by atoms with Gasteiger partial charge in [-0.3, -0.25) is 9.69 Å². The third-order valence-corrected chi connectivity index (χ3v) is 5.91. The molecule has 1 amide bonds. The Morgan fingerprint density at radius 3 is 2.16 bits per heavy atom. The molecule has 0 aromatic heterocycles. The molecule has 0 bridgehead atoms. The average Bonchev–Trinajstić information content (AvgIpc) is 2.87. The first-order chi connectivity index (χ1) is 18.0. The predicted molar refractivity (Wildman–Crippen MR) is 135 cm³/mol. The number of halogens is 5. The van der Waals surface area contributed by atoms with Gasteiger partial charge in [0.25, 0.3) is 5.91 Å². The molecule has 2 N–H and O–H groups in total. The molecule has 1 aliphatic rings. The number of benzene rings is 3. The number of ether oxygens (including phenoxy) is 1. The lowest BCUT2D eigenvalue weighted by Gasteiger charge is -2.32. The van der Waals surface area contributed by atoms with E-state index in [1.165, 1.54) is 29.8 Å². The van der Waals surface area contributed by atoms with E-state index in [1.807, 2.05) is 6.07 Å². The van der Waals surface area contributed by atoms with Crippen molar-refractivity contribution in [1.29, 1.82) is 0 Å². The summed E-state index contributed by atoms with van der Waals surface area (Å²) in [5.74, 6) is -2.85. The highest BCUT2D eigenvalue weighted by atomic mass is 35.5. The maximum Gasteiger partial charge on any atom is 0.490 e. The van der Waals surface area contributed by atoms with Crippen LogP contribution in [-0.4, -0.2) is 47.3 Å². The van der Waals surface area contributed by atoms with Gasteiger partial charge in [0.05, 0.1) is 5.02 Å². The first-order valence-corrected chi connectivity index (χ1v) is 12.0. The van der Waals surface area contributed by atoms with Gasteiger partial charge in [-0.25, -0.2) is 9.18 Å². The van der Waals surface area contributed by atoms with Crippen LogP contribution in [0.1, 0.15) is 28.8 Å². The second kappa shape index (κ2) is 13.3. The first-order valence-electron chi connectivity index (χ1n) is 11.6. The molecule has 1 aliphatic heterocycles. The van der Waals surface area contributed by atoms with Crippen LogP contribution in [0.5, 0.6) is 5.75 Å². The van der Waals surface area contributed by atoms with Gasteiger partial charge in [0.1, 0.15) is 17.7 Å². The second-order valence-electron chi connectivity index (χ2n) is 8.49. The molecule has 11 heteroatoms. The first kappa shape index (κ1) is 28.9. The smallest absolute Gasteiger partial charge is 0.489 e. The second-order valence-corrected chi connectivity index (χ2v) is 8.90. The summed E-state index contributed by atoms with van der Waals surface area (Å²) in [6, 6.07) is 21.1. The van der Waals surface area contributed by atoms with Gasteiger partial charge < -0.3 is 15.2 Å². The van der Waals surface area contributed by atoms with Crippen LogP contribution < -0.4 is 10.1 Å². The lowest BCUT2D eigenvalue weighted by Crippen LogP contribution is -2.37. The molecule has 0 atom stereocenters. The molecule has 0 unspecified atom stereocenters. The van der Waals surface area contributed by atoms with Gasteiger partial charge in [-0.1, -0.05) is 41.9 Å². The number of likely N-dealkylation sites (tertiary alicyclic amines) is 1. The van der Waals surface area contributed by atoms with Crippen LogP contribution in [0.4, 0.5) is 23.2 Å². The Hall–Kier alpha value is -3.63. The molecule has 1 fully saturated rings. The van der Waals surface area contributed by atoms with E-state index in [4.69, 9.17) is 26.2 Å². The van der Waals surface area contributed by atoms with E-state index in [1.54, 1.807) is 18.2 Å². The number of amides is 1. The third kappa shape index (κ3) is 9.04. The van der Waals surface area contributed by atoms with E-state index in [-0.39, 0.29) is 17.8 Å². The zero-order chi connectivity index (χ0) is 27.7. The standard InChI is InChI=1S/C25H24ClFN2O2.C2HF3O2/c26-23-16-21(28-25(30)19-6-8-20(27)9-7-19)10-11-24(23)31-22-12-14-29(15-13-22)17-18-4-2-1-3-5-18;3-2(4,5)1(6)7/h1-11,16,22H,12-15,17H2,(H,28,30);(H,6,7). The average molecular weight is 553 g/mol. The van der Waals surface area contributed by atoms with E-state index >= 15 is 0 Å². The van der Waals surface area contributed by atoms with E-state index < -0.39 is 12.1 Å². The lowest BCUT2D eigenvalue weighted by molar-refractivity contribution is -0.192. The van der Waals surface area contributed by atoms with Crippen molar-refractivity contribution in [2.75, 3.05) is 18.4 Å². The molecule has 0 aliphatic carbocycles. The van der Waals surface area contributed by atoms with Gasteiger partial charge in [-0.05, 0) is 60.9 Å². The molecule has 3 aromatic carbocycles. The van der Waals surface area contributed by atoms with Crippen molar-refractivity contribution in [3.05, 3.63) is 94.8 Å². The normalized spacial score (nSPS) is 14.2. The van der Waals surface area contributed by atoms with E-state index in [0.29, 0.717) is 22.0 Å². The summed E-state index contributed by atoms with van der Waals surface area (Å²) < 4.78 is 50.9. The van der Waals surface area contributed by atoms with Crippen molar-refractivity contribution in [3.63, 3.8) is 0 Å². The number of carboxylic acid groups (broad SMARTS) is 1. The summed E-state index contributed by atoms with van der Waals surface area (Å²) in [5.41, 5.74) is 2.26. The lowest BCUT2D eigenvalue weighted by atomic mass is 10.1. The third-order valence-electron chi connectivity index (χ3n) is 5.62. The number of nitrogens with one attached hydrogen (secondary N) is 1. The quantitative estimate of drug-likeness (QED) is 0.346. The summed E-state index contributed by atoms with van der Waals surface area (Å²) >= 11 is 6.40. The number of hydrogen-bond acceptors (Lipinski definition) is 4. The van der Waals surface area contributed by atoms with Crippen molar-refractivity contribution in [3.8, 4) is 5.75 Å². The number of carbonyl (C=O) groups is 2. The summed E-state index contributed by atoms with van der Waals surface area (Å²) in [6.45, 7) is 2.91. The largest absolute Gasteiger partial charge is 0.490 e. The van der Waals surface area contributed by atoms with Gasteiger partial charge >= 0.3 is 12.1 Å². The van der Waals surface area contributed by atoms with Crippen molar-refractivity contribution in [2.24, 2.45) is 0 Å². The van der Waals surface area contributed by atoms with Crippen molar-refractivity contribution < 1.29 is 37.0 Å². The Morgan fingerprint density at radius 2 is 1.61 bits per heavy atom. The number of anilines is 1. The minimum Gasteiger partial charge on any atom is -0.489 e. The van der Waals surface area contributed by atoms with Crippen LogP contribution in [0.3, 0.4) is 0 Å². The van der Waals surface area contributed by atoms with Crippen LogP contribution in [0.25, 0.3) is 0 Å². The van der Waals surface area contributed by atoms with E-state index in [2.05, 4.69) is 34.5 Å². The summed E-state index contributed by atoms with van der Waals surface area (Å²) in [5, 5.41) is 10.3. The number of carboxylic acids is 1. The summed E-state index contributed by atoms with van der Waals surface area (Å²) in [7, 11) is 0. The Bertz CT molecular complexity index is 1220. The minimum absolute atomic E-state index is 0.115. The molecular weight excluding hydrogens is 528 g/mol. The predicted octanol–water partition coefficient (Wildman–Crippen LogP) is 6.41. The van der Waals surface area contributed by atoms with Crippen LogP contribution >= 0.6 is 11.6 Å². The highest BCUT2D eigenvalue weighted by Gasteiger charge is 2.38. The Kier molecular flexibility index (Phi) is 10.1. The van der Waals surface area contributed by atoms with Gasteiger partial charge in [0.2, 0.25) is 0 Å². The number of alkyl halides is 3. The maximum atomic E-state index is 13.0. The topological polar surface area (TPSA) is 78.9 Å². The molecule has 202 valence electrons. The number of piperidine rings is 1. The molecule has 0 spiro atoms. The van der Waals surface area contributed by atoms with Crippen LogP contribution in [0.15, 0.2) is 72.8 Å². The van der Waals surface area contributed by atoms with Crippen molar-refractivity contribution in [2.45, 2.75) is 31.7 Å². The van der Waals surface area contributed by atoms with Crippen LogP contribution in [0.2, 0.25) is 5.02 Å². The highest BCUT2D eigenvalue weighted by molar-refractivity contribution is 6.32. The Labute approximate surface area is 221 Å². The van der Waals surface area contributed by atoms with Crippen molar-refractivity contribution in [1.82, 2.24) is 4.90 Å². The van der Waals surface area contributed by atoms with Crippen molar-refractivity contribution >= 4 is 29.2 Å². The number of nitrogens with zero attached hydrogens (tertiary/aromatic N) is 1. The van der Waals surface area contributed by atoms with Crippen LogP contribution in [-0.2, 0) is 11.3 Å². The van der Waals surface area contributed by atoms with Gasteiger partial charge in [0, 0.05) is 30.9 Å². The molecule has 1 saturated heterocycles. The molecule has 0 radical (unpaired) electrons. The molecule has 3 aromatic rings. The number of aliphatic carboxylic acids is 1. The monoisotopic (exact) mass is 552 g/mol. The number of rotatable bonds is 6. The molecule has 38 heavy (non-hydrogen) atoms. The van der Waals surface area contributed by atoms with E-state index in [9.17, 15) is 22.4 Å². The SMILES string of the molecule is O=C(Nc1ccc(OC2CCN(Cc3ccccc3)CC2)c(Cl)c1)c1ccc(F)cc1.O=C(O)C(F)(F)F. The maximum absolute atomic E-state index is 13.0. The fraction of sp³-hybridized carbons (Fsp3) is 0.259. The molecule has 1 heterocycles. The number of carbonyl (C=O) groups excluding carboxylic acids is 1. The Balaban J connectivity index is 0.000000505. The highest BCUT2D eigenvalue weighted by Crippen LogP contribution is 2.30. The molecule has 0 saturated carbocycles. The van der Waals surface area contributed by atoms with Gasteiger partial charge in [-0.15, -0.1) is 0 Å². The van der Waals surface area contributed by atoms with E-state index in [0.717, 1.165) is 32.5 Å². The fourth-order valence-corrected chi connectivity index (χ4v) is 3.91. The molecule has 6 nitrogen and oxygen atoms in total. The number of hydrogen-bond donors (Lipinski definition) is 2. The fourth-order valence-electron chi connectivity index (χ4n) is 3.69.